The van der Waals surface area contributed by atoms with Crippen molar-refractivity contribution in [3.05, 3.63) is 18.0 Å². The molecule has 1 aromatic rings. The molecular weight excluding hydrogens is 192 g/mol. The number of rotatable bonds is 5. The summed E-state index contributed by atoms with van der Waals surface area (Å²) in [5.41, 5.74) is 6.14. The summed E-state index contributed by atoms with van der Waals surface area (Å²) in [6.07, 6.45) is 3.45. The van der Waals surface area contributed by atoms with Gasteiger partial charge in [-0.15, -0.1) is 0 Å². The van der Waals surface area contributed by atoms with Gasteiger partial charge >= 0.3 is 0 Å². The van der Waals surface area contributed by atoms with E-state index < -0.39 is 6.04 Å². The first-order valence-corrected chi connectivity index (χ1v) is 5.02. The summed E-state index contributed by atoms with van der Waals surface area (Å²) in [7, 11) is 1.81. The van der Waals surface area contributed by atoms with E-state index in [0.29, 0.717) is 5.92 Å². The third kappa shape index (κ3) is 3.36. The first-order chi connectivity index (χ1) is 7.00. The monoisotopic (exact) mass is 210 g/mol. The normalized spacial score (nSPS) is 13.1. The molecule has 0 saturated carbocycles. The number of hydrogen-bond acceptors (Lipinski definition) is 3. The Morgan fingerprint density at radius 2 is 2.33 bits per heavy atom. The van der Waals surface area contributed by atoms with Crippen LogP contribution in [0.15, 0.2) is 12.4 Å². The molecule has 1 unspecified atom stereocenters. The molecule has 15 heavy (non-hydrogen) atoms. The SMILES string of the molecule is CC(C)CNC(C(N)=O)c1cnn(C)c1. The number of carbonyl (C=O) groups excluding carboxylic acids is 1. The molecule has 0 fully saturated rings. The lowest BCUT2D eigenvalue weighted by Crippen LogP contribution is -2.35. The van der Waals surface area contributed by atoms with E-state index in [4.69, 9.17) is 5.73 Å². The van der Waals surface area contributed by atoms with Crippen molar-refractivity contribution < 1.29 is 4.79 Å². The molecule has 1 rings (SSSR count). The van der Waals surface area contributed by atoms with Crippen molar-refractivity contribution in [2.24, 2.45) is 18.7 Å². The van der Waals surface area contributed by atoms with Crippen LogP contribution in [0.1, 0.15) is 25.5 Å². The second-order valence-corrected chi connectivity index (χ2v) is 4.08. The standard InChI is InChI=1S/C10H18N4O/c1-7(2)4-12-9(10(11)15)8-5-13-14(3)6-8/h5-7,9,12H,4H2,1-3H3,(H2,11,15). The summed E-state index contributed by atoms with van der Waals surface area (Å²) in [6, 6.07) is -0.443. The molecule has 0 aliphatic rings. The van der Waals surface area contributed by atoms with Crippen LogP contribution in [0.3, 0.4) is 0 Å². The molecule has 0 radical (unpaired) electrons. The van der Waals surface area contributed by atoms with E-state index in [1.807, 2.05) is 7.05 Å². The van der Waals surface area contributed by atoms with Gasteiger partial charge in [0, 0.05) is 18.8 Å². The zero-order valence-electron chi connectivity index (χ0n) is 9.40. The van der Waals surface area contributed by atoms with Gasteiger partial charge in [0.1, 0.15) is 6.04 Å². The van der Waals surface area contributed by atoms with Crippen LogP contribution in [0.2, 0.25) is 0 Å². The highest BCUT2D eigenvalue weighted by Gasteiger charge is 2.18. The molecule has 1 atom stereocenters. The summed E-state index contributed by atoms with van der Waals surface area (Å²) < 4.78 is 1.66. The summed E-state index contributed by atoms with van der Waals surface area (Å²) in [4.78, 5) is 11.2. The second kappa shape index (κ2) is 4.93. The lowest BCUT2D eigenvalue weighted by atomic mass is 10.1. The lowest BCUT2D eigenvalue weighted by molar-refractivity contribution is -0.120. The quantitative estimate of drug-likeness (QED) is 0.728. The molecule has 3 N–H and O–H groups in total. The minimum absolute atomic E-state index is 0.372. The van der Waals surface area contributed by atoms with Crippen molar-refractivity contribution in [2.75, 3.05) is 6.54 Å². The molecule has 84 valence electrons. The minimum Gasteiger partial charge on any atom is -0.368 e. The Labute approximate surface area is 89.6 Å². The van der Waals surface area contributed by atoms with E-state index >= 15 is 0 Å². The van der Waals surface area contributed by atoms with Gasteiger partial charge in [-0.05, 0) is 12.5 Å². The molecule has 0 bridgehead atoms. The Kier molecular flexibility index (Phi) is 3.85. The molecule has 1 amide bonds. The first-order valence-electron chi connectivity index (χ1n) is 5.02. The number of hydrogen-bond donors (Lipinski definition) is 2. The summed E-state index contributed by atoms with van der Waals surface area (Å²) in [6.45, 7) is 4.91. The third-order valence-corrected chi connectivity index (χ3v) is 2.07. The zero-order valence-corrected chi connectivity index (χ0v) is 9.40. The molecule has 5 nitrogen and oxygen atoms in total. The van der Waals surface area contributed by atoms with Crippen LogP contribution in [-0.2, 0) is 11.8 Å². The number of carbonyl (C=O) groups is 1. The number of aromatic nitrogens is 2. The molecule has 0 aliphatic carbocycles. The molecule has 1 aromatic heterocycles. The van der Waals surface area contributed by atoms with Crippen LogP contribution in [0.5, 0.6) is 0 Å². The highest BCUT2D eigenvalue weighted by atomic mass is 16.1. The molecule has 0 saturated heterocycles. The van der Waals surface area contributed by atoms with Crippen molar-refractivity contribution in [1.29, 1.82) is 0 Å². The van der Waals surface area contributed by atoms with Gasteiger partial charge in [0.15, 0.2) is 0 Å². The van der Waals surface area contributed by atoms with Crippen molar-refractivity contribution in [3.8, 4) is 0 Å². The van der Waals surface area contributed by atoms with E-state index in [-0.39, 0.29) is 5.91 Å². The number of aryl methyl sites for hydroxylation is 1. The Morgan fingerprint density at radius 3 is 2.73 bits per heavy atom. The fourth-order valence-electron chi connectivity index (χ4n) is 1.33. The van der Waals surface area contributed by atoms with Gasteiger partial charge < -0.3 is 11.1 Å². The third-order valence-electron chi connectivity index (χ3n) is 2.07. The molecular formula is C10H18N4O. The predicted molar refractivity (Wildman–Crippen MR) is 58.0 cm³/mol. The molecule has 1 heterocycles. The fraction of sp³-hybridized carbons (Fsp3) is 0.600. The fourth-order valence-corrected chi connectivity index (χ4v) is 1.33. The Hall–Kier alpha value is -1.36. The van der Waals surface area contributed by atoms with E-state index in [9.17, 15) is 4.79 Å². The molecule has 0 aromatic carbocycles. The van der Waals surface area contributed by atoms with Gasteiger partial charge in [-0.3, -0.25) is 9.48 Å². The Balaban J connectivity index is 2.70. The van der Waals surface area contributed by atoms with Gasteiger partial charge in [-0.1, -0.05) is 13.8 Å². The van der Waals surface area contributed by atoms with Crippen molar-refractivity contribution in [1.82, 2.24) is 15.1 Å². The second-order valence-electron chi connectivity index (χ2n) is 4.08. The van der Waals surface area contributed by atoms with Crippen LogP contribution in [0, 0.1) is 5.92 Å². The smallest absolute Gasteiger partial charge is 0.239 e. The number of nitrogens with two attached hydrogens (primary N) is 1. The van der Waals surface area contributed by atoms with Crippen molar-refractivity contribution in [2.45, 2.75) is 19.9 Å². The van der Waals surface area contributed by atoms with Crippen LogP contribution < -0.4 is 11.1 Å². The van der Waals surface area contributed by atoms with Crippen LogP contribution in [0.4, 0.5) is 0 Å². The largest absolute Gasteiger partial charge is 0.368 e. The Bertz CT molecular complexity index is 332. The first kappa shape index (κ1) is 11.7. The maximum Gasteiger partial charge on any atom is 0.239 e. The van der Waals surface area contributed by atoms with E-state index in [2.05, 4.69) is 24.3 Å². The summed E-state index contributed by atoms with van der Waals surface area (Å²) in [5, 5.41) is 7.14. The minimum atomic E-state index is -0.443. The van der Waals surface area contributed by atoms with Gasteiger partial charge in [-0.25, -0.2) is 0 Å². The average Bonchev–Trinajstić information content (AvgIpc) is 2.51. The Morgan fingerprint density at radius 1 is 1.67 bits per heavy atom. The van der Waals surface area contributed by atoms with E-state index in [1.54, 1.807) is 17.1 Å². The zero-order chi connectivity index (χ0) is 11.4. The maximum absolute atomic E-state index is 11.2. The van der Waals surface area contributed by atoms with Crippen molar-refractivity contribution >= 4 is 5.91 Å². The molecule has 0 spiro atoms. The van der Waals surface area contributed by atoms with E-state index in [0.717, 1.165) is 12.1 Å². The van der Waals surface area contributed by atoms with Gasteiger partial charge in [0.2, 0.25) is 5.91 Å². The number of amides is 1. The van der Waals surface area contributed by atoms with Gasteiger partial charge in [-0.2, -0.15) is 5.10 Å². The summed E-state index contributed by atoms with van der Waals surface area (Å²) in [5.74, 6) is 0.104. The highest BCUT2D eigenvalue weighted by molar-refractivity contribution is 5.81. The maximum atomic E-state index is 11.2. The summed E-state index contributed by atoms with van der Waals surface area (Å²) >= 11 is 0. The highest BCUT2D eigenvalue weighted by Crippen LogP contribution is 2.11. The average molecular weight is 210 g/mol. The number of nitrogens with one attached hydrogen (secondary N) is 1. The molecule has 0 aliphatic heterocycles. The lowest BCUT2D eigenvalue weighted by Gasteiger charge is -2.15. The van der Waals surface area contributed by atoms with Crippen LogP contribution in [-0.4, -0.2) is 22.2 Å². The van der Waals surface area contributed by atoms with Gasteiger partial charge in [0.25, 0.3) is 0 Å². The predicted octanol–water partition coefficient (Wildman–Crippen LogP) is 0.192. The van der Waals surface area contributed by atoms with Crippen LogP contribution in [0.25, 0.3) is 0 Å². The van der Waals surface area contributed by atoms with Crippen LogP contribution >= 0.6 is 0 Å². The molecule has 5 heteroatoms. The number of primary amides is 1. The van der Waals surface area contributed by atoms with Crippen molar-refractivity contribution in [3.63, 3.8) is 0 Å². The van der Waals surface area contributed by atoms with E-state index in [1.165, 1.54) is 0 Å². The number of nitrogens with zero attached hydrogens (tertiary/aromatic N) is 2. The topological polar surface area (TPSA) is 72.9 Å². The van der Waals surface area contributed by atoms with Gasteiger partial charge in [0.05, 0.1) is 6.20 Å².